The fourth-order valence-electron chi connectivity index (χ4n) is 1.12. The van der Waals surface area contributed by atoms with Crippen LogP contribution in [0.2, 0.25) is 0 Å². The van der Waals surface area contributed by atoms with Crippen molar-refractivity contribution in [2.24, 2.45) is 5.73 Å². The minimum Gasteiger partial charge on any atom is -0.338 e. The molecule has 4 N–H and O–H groups in total. The second-order valence-corrected chi connectivity index (χ2v) is 5.28. The minimum atomic E-state index is -0.407. The number of amides is 3. The molecule has 0 spiro atoms. The molecule has 0 saturated heterocycles. The van der Waals surface area contributed by atoms with Gasteiger partial charge in [0.25, 0.3) is 0 Å². The van der Waals surface area contributed by atoms with Gasteiger partial charge < -0.3 is 11.1 Å². The predicted octanol–water partition coefficient (Wildman–Crippen LogP) is 1.08. The fraction of sp³-hybridized carbons (Fsp3) is 0.818. The molecule has 5 nitrogen and oxygen atoms in total. The van der Waals surface area contributed by atoms with Crippen LogP contribution in [-0.4, -0.2) is 36.0 Å². The molecule has 17 heavy (non-hydrogen) atoms. The molecule has 3 amide bonds. The van der Waals surface area contributed by atoms with Gasteiger partial charge in [-0.3, -0.25) is 10.1 Å². The fourth-order valence-corrected chi connectivity index (χ4v) is 1.93. The van der Waals surface area contributed by atoms with E-state index in [1.807, 2.05) is 13.8 Å². The van der Waals surface area contributed by atoms with Crippen LogP contribution in [0.25, 0.3) is 0 Å². The van der Waals surface area contributed by atoms with E-state index in [2.05, 4.69) is 10.6 Å². The Morgan fingerprint density at radius 3 is 2.71 bits per heavy atom. The molecule has 0 aromatic carbocycles. The van der Waals surface area contributed by atoms with E-state index in [4.69, 9.17) is 5.73 Å². The first-order valence-corrected chi connectivity index (χ1v) is 7.04. The zero-order valence-electron chi connectivity index (χ0n) is 10.6. The van der Waals surface area contributed by atoms with Gasteiger partial charge in [0.15, 0.2) is 0 Å². The molecular weight excluding hydrogens is 238 g/mol. The highest BCUT2D eigenvalue weighted by atomic mass is 32.2. The van der Waals surface area contributed by atoms with Crippen molar-refractivity contribution in [3.8, 4) is 0 Å². The Morgan fingerprint density at radius 2 is 2.12 bits per heavy atom. The van der Waals surface area contributed by atoms with Gasteiger partial charge in [-0.15, -0.1) is 11.8 Å². The average Bonchev–Trinajstić information content (AvgIpc) is 2.27. The number of hydrogen-bond donors (Lipinski definition) is 3. The Morgan fingerprint density at radius 1 is 1.41 bits per heavy atom. The zero-order valence-corrected chi connectivity index (χ0v) is 11.4. The van der Waals surface area contributed by atoms with Crippen molar-refractivity contribution in [1.82, 2.24) is 10.6 Å². The largest absolute Gasteiger partial charge is 0.338 e. The normalized spacial score (nSPS) is 11.9. The summed E-state index contributed by atoms with van der Waals surface area (Å²) >= 11 is 1.51. The second kappa shape index (κ2) is 10.4. The van der Waals surface area contributed by atoms with E-state index in [-0.39, 0.29) is 5.91 Å². The van der Waals surface area contributed by atoms with Gasteiger partial charge in [0.1, 0.15) is 0 Å². The molecule has 0 saturated carbocycles. The van der Waals surface area contributed by atoms with E-state index in [1.165, 1.54) is 11.8 Å². The van der Waals surface area contributed by atoms with Crippen LogP contribution in [0.1, 0.15) is 33.1 Å². The number of nitrogens with one attached hydrogen (secondary N) is 2. The zero-order chi connectivity index (χ0) is 13.1. The number of imide groups is 1. The van der Waals surface area contributed by atoms with Gasteiger partial charge in [0.05, 0.1) is 5.75 Å². The van der Waals surface area contributed by atoms with Gasteiger partial charge in [-0.05, 0) is 19.4 Å². The van der Waals surface area contributed by atoms with Gasteiger partial charge in [0.2, 0.25) is 5.91 Å². The topological polar surface area (TPSA) is 84.2 Å². The van der Waals surface area contributed by atoms with Crippen LogP contribution in [0, 0.1) is 0 Å². The highest BCUT2D eigenvalue weighted by Gasteiger charge is 2.09. The number of hydrogen-bond acceptors (Lipinski definition) is 4. The van der Waals surface area contributed by atoms with Crippen LogP contribution in [0.5, 0.6) is 0 Å². The number of thioether (sulfide) groups is 1. The summed E-state index contributed by atoms with van der Waals surface area (Å²) in [5, 5.41) is 5.26. The third kappa shape index (κ3) is 10.1. The number of carbonyl (C=O) groups is 2. The first-order valence-electron chi connectivity index (χ1n) is 5.99. The average molecular weight is 261 g/mol. The Bertz CT molecular complexity index is 237. The quantitative estimate of drug-likeness (QED) is 0.571. The van der Waals surface area contributed by atoms with E-state index in [9.17, 15) is 9.59 Å². The maximum absolute atomic E-state index is 11.4. The summed E-state index contributed by atoms with van der Waals surface area (Å²) in [6, 6.07) is -0.407. The Kier molecular flexibility index (Phi) is 9.95. The monoisotopic (exact) mass is 261 g/mol. The van der Waals surface area contributed by atoms with Crippen LogP contribution < -0.4 is 16.4 Å². The third-order valence-corrected chi connectivity index (χ3v) is 3.37. The van der Waals surface area contributed by atoms with Crippen molar-refractivity contribution >= 4 is 23.7 Å². The van der Waals surface area contributed by atoms with Gasteiger partial charge in [0, 0.05) is 11.8 Å². The second-order valence-electron chi connectivity index (χ2n) is 3.86. The molecule has 0 aliphatic carbocycles. The molecule has 0 aromatic rings. The molecule has 0 bridgehead atoms. The molecule has 1 unspecified atom stereocenters. The van der Waals surface area contributed by atoms with Crippen molar-refractivity contribution in [2.75, 3.05) is 18.8 Å². The number of unbranched alkanes of at least 4 members (excludes halogenated alkanes) is 1. The van der Waals surface area contributed by atoms with Gasteiger partial charge in [-0.25, -0.2) is 4.79 Å². The molecule has 100 valence electrons. The molecule has 0 heterocycles. The van der Waals surface area contributed by atoms with Crippen LogP contribution in [0.15, 0.2) is 0 Å². The summed E-state index contributed by atoms with van der Waals surface area (Å²) in [6.45, 7) is 5.28. The lowest BCUT2D eigenvalue weighted by atomic mass is 10.3. The van der Waals surface area contributed by atoms with Crippen molar-refractivity contribution in [3.63, 3.8) is 0 Å². The van der Waals surface area contributed by atoms with Gasteiger partial charge >= 0.3 is 6.03 Å². The lowest BCUT2D eigenvalue weighted by Crippen LogP contribution is -2.40. The Hall–Kier alpha value is -0.750. The van der Waals surface area contributed by atoms with Crippen molar-refractivity contribution in [2.45, 2.75) is 38.4 Å². The molecule has 1 atom stereocenters. The van der Waals surface area contributed by atoms with Gasteiger partial charge in [-0.2, -0.15) is 0 Å². The van der Waals surface area contributed by atoms with Crippen molar-refractivity contribution in [3.05, 3.63) is 0 Å². The van der Waals surface area contributed by atoms with E-state index >= 15 is 0 Å². The van der Waals surface area contributed by atoms with Crippen molar-refractivity contribution in [1.29, 1.82) is 0 Å². The summed E-state index contributed by atoms with van der Waals surface area (Å²) in [4.78, 5) is 22.6. The molecule has 0 radical (unpaired) electrons. The van der Waals surface area contributed by atoms with Crippen LogP contribution in [-0.2, 0) is 4.79 Å². The molecule has 0 aliphatic rings. The van der Waals surface area contributed by atoms with E-state index in [1.54, 1.807) is 0 Å². The van der Waals surface area contributed by atoms with Crippen LogP contribution in [0.3, 0.4) is 0 Å². The summed E-state index contributed by atoms with van der Waals surface area (Å²) in [5.41, 5.74) is 5.41. The lowest BCUT2D eigenvalue weighted by molar-refractivity contribution is -0.117. The van der Waals surface area contributed by atoms with Crippen LogP contribution in [0.4, 0.5) is 4.79 Å². The van der Waals surface area contributed by atoms with Crippen LogP contribution >= 0.6 is 11.8 Å². The molecule has 0 fully saturated rings. The lowest BCUT2D eigenvalue weighted by Gasteiger charge is -2.09. The minimum absolute atomic E-state index is 0.257. The van der Waals surface area contributed by atoms with Gasteiger partial charge in [-0.1, -0.05) is 20.3 Å². The number of nitrogens with two attached hydrogens (primary N) is 1. The van der Waals surface area contributed by atoms with E-state index in [0.717, 1.165) is 19.3 Å². The third-order valence-electron chi connectivity index (χ3n) is 2.14. The SMILES string of the molecule is CCCCNC(=O)NC(=O)CSC(C)CCN. The Labute approximate surface area is 107 Å². The molecule has 0 aromatic heterocycles. The first-order chi connectivity index (χ1) is 8.10. The maximum Gasteiger partial charge on any atom is 0.321 e. The number of urea groups is 1. The summed E-state index contributed by atoms with van der Waals surface area (Å²) in [7, 11) is 0. The van der Waals surface area contributed by atoms with E-state index < -0.39 is 6.03 Å². The number of rotatable bonds is 8. The maximum atomic E-state index is 11.4. The summed E-state index contributed by atoms with van der Waals surface area (Å²) in [5.74, 6) is 0.0374. The summed E-state index contributed by atoms with van der Waals surface area (Å²) in [6.07, 6.45) is 2.81. The smallest absolute Gasteiger partial charge is 0.321 e. The molecular formula is C11H23N3O2S. The Balaban J connectivity index is 3.60. The molecule has 6 heteroatoms. The van der Waals surface area contributed by atoms with E-state index in [0.29, 0.717) is 24.1 Å². The highest BCUT2D eigenvalue weighted by Crippen LogP contribution is 2.12. The predicted molar refractivity (Wildman–Crippen MR) is 72.0 cm³/mol. The summed E-state index contributed by atoms with van der Waals surface area (Å²) < 4.78 is 0. The molecule has 0 rings (SSSR count). The first kappa shape index (κ1) is 16.2. The molecule has 0 aliphatic heterocycles. The standard InChI is InChI=1S/C11H23N3O2S/c1-3-4-7-13-11(16)14-10(15)8-17-9(2)5-6-12/h9H,3-8,12H2,1-2H3,(H2,13,14,15,16). The van der Waals surface area contributed by atoms with Crippen molar-refractivity contribution < 1.29 is 9.59 Å². The number of carbonyl (C=O) groups excluding carboxylic acids is 2. The highest BCUT2D eigenvalue weighted by molar-refractivity contribution is 8.00.